The molecule has 1 aliphatic heterocycles. The van der Waals surface area contributed by atoms with Crippen molar-refractivity contribution >= 4 is 11.8 Å². The summed E-state index contributed by atoms with van der Waals surface area (Å²) < 4.78 is 0. The van der Waals surface area contributed by atoms with E-state index < -0.39 is 5.41 Å². The Kier molecular flexibility index (Phi) is 2.35. The molecule has 0 bridgehead atoms. The maximum Gasteiger partial charge on any atom is 0.240 e. The van der Waals surface area contributed by atoms with Gasteiger partial charge in [-0.1, -0.05) is 0 Å². The summed E-state index contributed by atoms with van der Waals surface area (Å²) in [5.41, 5.74) is -0.814. The summed E-state index contributed by atoms with van der Waals surface area (Å²) in [6, 6.07) is 1.94. The topological polar surface area (TPSA) is 82.0 Å². The molecule has 1 saturated heterocycles. The average Bonchev–Trinajstić information content (AvgIpc) is 2.50. The van der Waals surface area contributed by atoms with E-state index in [4.69, 9.17) is 5.26 Å². The molecule has 2 aliphatic rings. The molecule has 5 nitrogen and oxygen atoms in total. The molecule has 2 amide bonds. The van der Waals surface area contributed by atoms with Crippen LogP contribution in [0.5, 0.6) is 0 Å². The molecule has 1 saturated carbocycles. The Morgan fingerprint density at radius 1 is 1.60 bits per heavy atom. The molecule has 0 radical (unpaired) electrons. The molecule has 80 valence electrons. The van der Waals surface area contributed by atoms with E-state index in [0.717, 1.165) is 6.42 Å². The predicted molar refractivity (Wildman–Crippen MR) is 51.5 cm³/mol. The number of amides is 2. The van der Waals surface area contributed by atoms with E-state index in [0.29, 0.717) is 25.8 Å². The van der Waals surface area contributed by atoms with Gasteiger partial charge in [0.15, 0.2) is 0 Å². The summed E-state index contributed by atoms with van der Waals surface area (Å²) in [4.78, 5) is 22.7. The van der Waals surface area contributed by atoms with Gasteiger partial charge < -0.3 is 10.6 Å². The number of carbonyl (C=O) groups is 2. The van der Waals surface area contributed by atoms with E-state index in [-0.39, 0.29) is 17.9 Å². The normalized spacial score (nSPS) is 27.4. The second kappa shape index (κ2) is 3.54. The molecule has 2 N–H and O–H groups in total. The van der Waals surface area contributed by atoms with Crippen molar-refractivity contribution in [2.24, 2.45) is 5.41 Å². The second-order valence-electron chi connectivity index (χ2n) is 4.23. The molecule has 2 fully saturated rings. The predicted octanol–water partition coefficient (Wildman–Crippen LogP) is -0.315. The van der Waals surface area contributed by atoms with Gasteiger partial charge in [0.1, 0.15) is 5.41 Å². The zero-order valence-electron chi connectivity index (χ0n) is 8.38. The fourth-order valence-electron chi connectivity index (χ4n) is 1.95. The van der Waals surface area contributed by atoms with Crippen LogP contribution in [0.15, 0.2) is 0 Å². The lowest BCUT2D eigenvalue weighted by Crippen LogP contribution is -2.48. The minimum atomic E-state index is -0.814. The van der Waals surface area contributed by atoms with Crippen LogP contribution in [-0.4, -0.2) is 24.4 Å². The van der Waals surface area contributed by atoms with Crippen molar-refractivity contribution in [2.75, 3.05) is 6.54 Å². The van der Waals surface area contributed by atoms with Crippen molar-refractivity contribution in [3.63, 3.8) is 0 Å². The zero-order valence-corrected chi connectivity index (χ0v) is 8.38. The SMILES string of the molecule is N#CC1(C(=O)NC2CNC(=O)C2)CCC1. The zero-order chi connectivity index (χ0) is 10.9. The highest BCUT2D eigenvalue weighted by Crippen LogP contribution is 2.40. The van der Waals surface area contributed by atoms with Crippen molar-refractivity contribution in [3.05, 3.63) is 0 Å². The number of carbonyl (C=O) groups excluding carboxylic acids is 2. The van der Waals surface area contributed by atoms with Crippen molar-refractivity contribution in [1.29, 1.82) is 5.26 Å². The lowest BCUT2D eigenvalue weighted by Gasteiger charge is -2.34. The summed E-state index contributed by atoms with van der Waals surface area (Å²) in [6.45, 7) is 0.478. The van der Waals surface area contributed by atoms with Gasteiger partial charge in [-0.3, -0.25) is 9.59 Å². The first-order valence-corrected chi connectivity index (χ1v) is 5.15. The molecule has 5 heteroatoms. The molecule has 1 unspecified atom stereocenters. The maximum atomic E-state index is 11.8. The number of nitriles is 1. The minimum Gasteiger partial charge on any atom is -0.354 e. The Hall–Kier alpha value is -1.57. The molecule has 1 heterocycles. The van der Waals surface area contributed by atoms with Crippen LogP contribution in [-0.2, 0) is 9.59 Å². The van der Waals surface area contributed by atoms with E-state index in [1.807, 2.05) is 0 Å². The summed E-state index contributed by atoms with van der Waals surface area (Å²) >= 11 is 0. The summed E-state index contributed by atoms with van der Waals surface area (Å²) in [6.07, 6.45) is 2.54. The Bertz CT molecular complexity index is 341. The number of hydrogen-bond donors (Lipinski definition) is 2. The molecule has 0 aromatic heterocycles. The molecular formula is C10H13N3O2. The smallest absolute Gasteiger partial charge is 0.240 e. The number of rotatable bonds is 2. The Labute approximate surface area is 87.8 Å². The fraction of sp³-hybridized carbons (Fsp3) is 0.700. The quantitative estimate of drug-likeness (QED) is 0.651. The van der Waals surface area contributed by atoms with E-state index in [1.165, 1.54) is 0 Å². The standard InChI is InChI=1S/C10H13N3O2/c11-6-10(2-1-3-10)9(15)13-7-4-8(14)12-5-7/h7H,1-5H2,(H,12,14)(H,13,15). The van der Waals surface area contributed by atoms with Crippen LogP contribution >= 0.6 is 0 Å². The molecule has 0 spiro atoms. The third-order valence-electron chi connectivity index (χ3n) is 3.17. The van der Waals surface area contributed by atoms with Crippen LogP contribution in [0.1, 0.15) is 25.7 Å². The molecule has 0 aromatic carbocycles. The third kappa shape index (κ3) is 1.67. The fourth-order valence-corrected chi connectivity index (χ4v) is 1.95. The van der Waals surface area contributed by atoms with E-state index >= 15 is 0 Å². The van der Waals surface area contributed by atoms with Gasteiger partial charge in [0.05, 0.1) is 12.1 Å². The van der Waals surface area contributed by atoms with Crippen LogP contribution < -0.4 is 10.6 Å². The van der Waals surface area contributed by atoms with Gasteiger partial charge in [0.25, 0.3) is 0 Å². The highest BCUT2D eigenvalue weighted by molar-refractivity contribution is 5.88. The van der Waals surface area contributed by atoms with Gasteiger partial charge in [-0.15, -0.1) is 0 Å². The third-order valence-corrected chi connectivity index (χ3v) is 3.17. The number of hydrogen-bond acceptors (Lipinski definition) is 3. The van der Waals surface area contributed by atoms with Gasteiger partial charge in [-0.2, -0.15) is 5.26 Å². The van der Waals surface area contributed by atoms with Crippen molar-refractivity contribution in [3.8, 4) is 6.07 Å². The van der Waals surface area contributed by atoms with Gasteiger partial charge >= 0.3 is 0 Å². The van der Waals surface area contributed by atoms with Gasteiger partial charge in [0, 0.05) is 13.0 Å². The minimum absolute atomic E-state index is 0.0417. The van der Waals surface area contributed by atoms with Crippen LogP contribution in [0.2, 0.25) is 0 Å². The number of nitrogens with zero attached hydrogens (tertiary/aromatic N) is 1. The second-order valence-corrected chi connectivity index (χ2v) is 4.23. The van der Waals surface area contributed by atoms with Crippen LogP contribution in [0.25, 0.3) is 0 Å². The van der Waals surface area contributed by atoms with E-state index in [2.05, 4.69) is 16.7 Å². The molecule has 1 atom stereocenters. The maximum absolute atomic E-state index is 11.8. The highest BCUT2D eigenvalue weighted by atomic mass is 16.2. The molecule has 0 aromatic rings. The monoisotopic (exact) mass is 207 g/mol. The number of nitrogens with one attached hydrogen (secondary N) is 2. The molecule has 15 heavy (non-hydrogen) atoms. The van der Waals surface area contributed by atoms with Gasteiger partial charge in [-0.25, -0.2) is 0 Å². The van der Waals surface area contributed by atoms with Gasteiger partial charge in [-0.05, 0) is 19.3 Å². The van der Waals surface area contributed by atoms with E-state index in [1.54, 1.807) is 0 Å². The van der Waals surface area contributed by atoms with E-state index in [9.17, 15) is 9.59 Å². The summed E-state index contributed by atoms with van der Waals surface area (Å²) in [7, 11) is 0. The Balaban J connectivity index is 1.92. The van der Waals surface area contributed by atoms with Crippen molar-refractivity contribution in [1.82, 2.24) is 10.6 Å². The lowest BCUT2D eigenvalue weighted by atomic mass is 9.69. The first kappa shape index (κ1) is 9.97. The summed E-state index contributed by atoms with van der Waals surface area (Å²) in [5.74, 6) is -0.252. The first-order valence-electron chi connectivity index (χ1n) is 5.15. The van der Waals surface area contributed by atoms with Crippen molar-refractivity contribution in [2.45, 2.75) is 31.7 Å². The first-order chi connectivity index (χ1) is 7.16. The Morgan fingerprint density at radius 2 is 2.33 bits per heavy atom. The lowest BCUT2D eigenvalue weighted by molar-refractivity contribution is -0.132. The molecule has 1 aliphatic carbocycles. The average molecular weight is 207 g/mol. The van der Waals surface area contributed by atoms with Crippen molar-refractivity contribution < 1.29 is 9.59 Å². The molecular weight excluding hydrogens is 194 g/mol. The van der Waals surface area contributed by atoms with Gasteiger partial charge in [0.2, 0.25) is 11.8 Å². The Morgan fingerprint density at radius 3 is 2.73 bits per heavy atom. The van der Waals surface area contributed by atoms with Crippen LogP contribution in [0.4, 0.5) is 0 Å². The van der Waals surface area contributed by atoms with Crippen LogP contribution in [0, 0.1) is 16.7 Å². The largest absolute Gasteiger partial charge is 0.354 e. The highest BCUT2D eigenvalue weighted by Gasteiger charge is 2.45. The summed E-state index contributed by atoms with van der Waals surface area (Å²) in [5, 5.41) is 14.3. The molecule has 2 rings (SSSR count). The van der Waals surface area contributed by atoms with Crippen LogP contribution in [0.3, 0.4) is 0 Å².